The Hall–Kier alpha value is -2.87. The fourth-order valence-electron chi connectivity index (χ4n) is 3.36. The highest BCUT2D eigenvalue weighted by Crippen LogP contribution is 2.43. The number of benzene rings is 1. The van der Waals surface area contributed by atoms with E-state index in [-0.39, 0.29) is 12.1 Å². The Morgan fingerprint density at radius 2 is 2.21 bits per heavy atom. The minimum absolute atomic E-state index is 0.215. The lowest BCUT2D eigenvalue weighted by atomic mass is 9.99. The number of nitrogens with zero attached hydrogens (tertiary/aromatic N) is 5. The first-order valence-corrected chi connectivity index (χ1v) is 7.66. The minimum Gasteiger partial charge on any atom is -0.411 e. The number of carbonyl (C=O) groups is 1. The van der Waals surface area contributed by atoms with Crippen molar-refractivity contribution in [3.8, 4) is 0 Å². The second-order valence-electron chi connectivity index (χ2n) is 5.85. The molecule has 4 rings (SSSR count). The lowest BCUT2D eigenvalue weighted by Gasteiger charge is -2.28. The third kappa shape index (κ3) is 2.15. The van der Waals surface area contributed by atoms with Gasteiger partial charge in [0.1, 0.15) is 18.7 Å². The van der Waals surface area contributed by atoms with Crippen LogP contribution in [0.5, 0.6) is 0 Å². The van der Waals surface area contributed by atoms with E-state index in [1.807, 2.05) is 37.4 Å². The summed E-state index contributed by atoms with van der Waals surface area (Å²) in [5.74, 6) is 0. The maximum Gasteiger partial charge on any atom is 0.345 e. The molecule has 1 N–H and O–H groups in total. The first-order valence-electron chi connectivity index (χ1n) is 7.66. The Balaban J connectivity index is 1.64. The van der Waals surface area contributed by atoms with Crippen LogP contribution in [0.15, 0.2) is 41.7 Å². The van der Waals surface area contributed by atoms with Gasteiger partial charge in [-0.15, -0.1) is 0 Å². The molecule has 0 unspecified atom stereocenters. The molecule has 24 heavy (non-hydrogen) atoms. The molecule has 2 amide bonds. The summed E-state index contributed by atoms with van der Waals surface area (Å²) in [7, 11) is 1.81. The molecule has 1 aromatic carbocycles. The maximum absolute atomic E-state index is 12.7. The Kier molecular flexibility index (Phi) is 3.46. The second-order valence-corrected chi connectivity index (χ2v) is 5.85. The van der Waals surface area contributed by atoms with Crippen molar-refractivity contribution in [3.05, 3.63) is 53.3 Å². The summed E-state index contributed by atoms with van der Waals surface area (Å²) in [6, 6.07) is 8.78. The standard InChI is InChI=1S/C16H17N5O3/c1-19-15-12(7-17-19)14-9-20(13(15)8-18-23)16(22)21(14)24-10-11-5-3-2-4-6-11/h2-8,13-14,23H,9-10H2,1H3/b18-8+/t13-,14-/m1/s1. The number of amides is 2. The average molecular weight is 327 g/mol. The molecular formula is C16H17N5O3. The largest absolute Gasteiger partial charge is 0.411 e. The number of fused-ring (bicyclic) bond motifs is 4. The topological polar surface area (TPSA) is 83.2 Å². The number of urea groups is 1. The number of hydrogen-bond acceptors (Lipinski definition) is 5. The molecular weight excluding hydrogens is 310 g/mol. The van der Waals surface area contributed by atoms with Crippen LogP contribution in [0, 0.1) is 0 Å². The Morgan fingerprint density at radius 1 is 1.42 bits per heavy atom. The first-order chi connectivity index (χ1) is 11.7. The van der Waals surface area contributed by atoms with Crippen molar-refractivity contribution < 1.29 is 14.8 Å². The van der Waals surface area contributed by atoms with Gasteiger partial charge < -0.3 is 10.1 Å². The maximum atomic E-state index is 12.7. The van der Waals surface area contributed by atoms with Crippen LogP contribution in [0.1, 0.15) is 28.9 Å². The van der Waals surface area contributed by atoms with Crippen molar-refractivity contribution in [1.29, 1.82) is 0 Å². The summed E-state index contributed by atoms with van der Waals surface area (Å²) in [4.78, 5) is 20.2. The van der Waals surface area contributed by atoms with Gasteiger partial charge in [0, 0.05) is 12.6 Å². The number of aromatic nitrogens is 2. The molecule has 3 heterocycles. The van der Waals surface area contributed by atoms with Crippen LogP contribution in [-0.4, -0.2) is 43.7 Å². The average Bonchev–Trinajstić information content (AvgIpc) is 3.11. The highest BCUT2D eigenvalue weighted by atomic mass is 16.7. The van der Waals surface area contributed by atoms with E-state index in [2.05, 4.69) is 10.3 Å². The van der Waals surface area contributed by atoms with Crippen LogP contribution in [0.3, 0.4) is 0 Å². The van der Waals surface area contributed by atoms with Gasteiger partial charge in [-0.1, -0.05) is 35.5 Å². The smallest absolute Gasteiger partial charge is 0.345 e. The lowest BCUT2D eigenvalue weighted by molar-refractivity contribution is -0.141. The van der Waals surface area contributed by atoms with Gasteiger partial charge in [0.2, 0.25) is 0 Å². The number of rotatable bonds is 4. The molecule has 0 radical (unpaired) electrons. The predicted octanol–water partition coefficient (Wildman–Crippen LogP) is 1.85. The molecule has 8 heteroatoms. The molecule has 0 aliphatic carbocycles. The molecule has 2 bridgehead atoms. The van der Waals surface area contributed by atoms with Crippen molar-refractivity contribution in [2.24, 2.45) is 12.2 Å². The number of carbonyl (C=O) groups excluding carboxylic acids is 1. The summed E-state index contributed by atoms with van der Waals surface area (Å²) in [5, 5.41) is 17.8. The van der Waals surface area contributed by atoms with Crippen molar-refractivity contribution in [3.63, 3.8) is 0 Å². The van der Waals surface area contributed by atoms with Crippen LogP contribution in [0.25, 0.3) is 0 Å². The van der Waals surface area contributed by atoms with Crippen molar-refractivity contribution in [2.45, 2.75) is 18.7 Å². The van der Waals surface area contributed by atoms with Crippen LogP contribution in [0.4, 0.5) is 4.79 Å². The first kappa shape index (κ1) is 14.7. The van der Waals surface area contributed by atoms with Gasteiger partial charge in [-0.2, -0.15) is 10.2 Å². The third-order valence-electron chi connectivity index (χ3n) is 4.50. The second kappa shape index (κ2) is 5.64. The normalized spacial score (nSPS) is 22.5. The SMILES string of the molecule is Cn1ncc2c1[C@@H](/C=N/O)N1C[C@H]2N(OCc2ccccc2)C1=O. The van der Waals surface area contributed by atoms with E-state index in [4.69, 9.17) is 10.0 Å². The fourth-order valence-corrected chi connectivity index (χ4v) is 3.36. The zero-order valence-corrected chi connectivity index (χ0v) is 13.1. The molecule has 0 saturated carbocycles. The van der Waals surface area contributed by atoms with Crippen molar-refractivity contribution in [1.82, 2.24) is 19.7 Å². The van der Waals surface area contributed by atoms with E-state index >= 15 is 0 Å². The molecule has 1 aromatic heterocycles. The highest BCUT2D eigenvalue weighted by molar-refractivity contribution is 5.83. The Bertz CT molecular complexity index is 788. The lowest BCUT2D eigenvalue weighted by Crippen LogP contribution is -2.36. The van der Waals surface area contributed by atoms with Crippen LogP contribution in [-0.2, 0) is 18.5 Å². The van der Waals surface area contributed by atoms with Gasteiger partial charge in [0.25, 0.3) is 0 Å². The molecule has 2 aliphatic rings. The van der Waals surface area contributed by atoms with Crippen molar-refractivity contribution in [2.75, 3.05) is 6.54 Å². The Morgan fingerprint density at radius 3 is 2.96 bits per heavy atom. The summed E-state index contributed by atoms with van der Waals surface area (Å²) < 4.78 is 1.70. The van der Waals surface area contributed by atoms with E-state index in [1.165, 1.54) is 11.3 Å². The van der Waals surface area contributed by atoms with Crippen LogP contribution < -0.4 is 0 Å². The molecule has 124 valence electrons. The van der Waals surface area contributed by atoms with E-state index in [9.17, 15) is 4.79 Å². The molecule has 2 aromatic rings. The molecule has 1 saturated heterocycles. The molecule has 2 atom stereocenters. The summed E-state index contributed by atoms with van der Waals surface area (Å²) in [5.41, 5.74) is 2.74. The van der Waals surface area contributed by atoms with E-state index in [1.54, 1.807) is 15.8 Å². The van der Waals surface area contributed by atoms with E-state index < -0.39 is 6.04 Å². The van der Waals surface area contributed by atoms with E-state index in [0.717, 1.165) is 16.8 Å². The number of aryl methyl sites for hydroxylation is 1. The molecule has 2 aliphatic heterocycles. The van der Waals surface area contributed by atoms with Gasteiger partial charge in [-0.05, 0) is 5.56 Å². The fraction of sp³-hybridized carbons (Fsp3) is 0.312. The summed E-state index contributed by atoms with van der Waals surface area (Å²) in [6.45, 7) is 0.786. The predicted molar refractivity (Wildman–Crippen MR) is 84.1 cm³/mol. The molecule has 1 fully saturated rings. The zero-order valence-electron chi connectivity index (χ0n) is 13.1. The van der Waals surface area contributed by atoms with Gasteiger partial charge in [0.05, 0.1) is 24.7 Å². The van der Waals surface area contributed by atoms with Gasteiger partial charge in [0.15, 0.2) is 0 Å². The minimum atomic E-state index is -0.452. The van der Waals surface area contributed by atoms with Gasteiger partial charge in [-0.25, -0.2) is 4.79 Å². The monoisotopic (exact) mass is 327 g/mol. The van der Waals surface area contributed by atoms with Crippen molar-refractivity contribution >= 4 is 12.2 Å². The van der Waals surface area contributed by atoms with E-state index in [0.29, 0.717) is 13.2 Å². The summed E-state index contributed by atoms with van der Waals surface area (Å²) in [6.07, 6.45) is 3.09. The highest BCUT2D eigenvalue weighted by Gasteiger charge is 2.50. The van der Waals surface area contributed by atoms with Gasteiger partial charge in [-0.3, -0.25) is 9.52 Å². The zero-order chi connectivity index (χ0) is 16.7. The molecule has 8 nitrogen and oxygen atoms in total. The molecule has 0 spiro atoms. The summed E-state index contributed by atoms with van der Waals surface area (Å²) >= 11 is 0. The quantitative estimate of drug-likeness (QED) is 0.528. The van der Waals surface area contributed by atoms with Crippen LogP contribution in [0.2, 0.25) is 0 Å². The third-order valence-corrected chi connectivity index (χ3v) is 4.50. The van der Waals surface area contributed by atoms with Gasteiger partial charge >= 0.3 is 6.03 Å². The number of hydroxylamine groups is 2. The Labute approximate surface area is 138 Å². The number of hydrogen-bond donors (Lipinski definition) is 1. The number of oxime groups is 1. The van der Waals surface area contributed by atoms with Crippen LogP contribution >= 0.6 is 0 Å².